The molecular formula is C14H18O7P-. The third-order valence-corrected chi connectivity index (χ3v) is 3.00. The highest BCUT2D eigenvalue weighted by atomic mass is 31.2. The second-order valence-corrected chi connectivity index (χ2v) is 5.64. The number of phosphoric acid groups is 1. The zero-order chi connectivity index (χ0) is 16.9. The Bertz CT molecular complexity index is 605. The number of benzene rings is 1. The van der Waals surface area contributed by atoms with Gasteiger partial charge in [0.25, 0.3) is 0 Å². The van der Waals surface area contributed by atoms with Gasteiger partial charge in [-0.25, -0.2) is 4.79 Å². The Hall–Kier alpha value is -1.82. The van der Waals surface area contributed by atoms with Crippen molar-refractivity contribution < 1.29 is 33.1 Å². The van der Waals surface area contributed by atoms with E-state index < -0.39 is 19.9 Å². The van der Waals surface area contributed by atoms with Crippen LogP contribution in [-0.4, -0.2) is 17.5 Å². The van der Waals surface area contributed by atoms with Gasteiger partial charge in [-0.2, -0.15) is 0 Å². The van der Waals surface area contributed by atoms with E-state index in [1.807, 2.05) is 0 Å². The van der Waals surface area contributed by atoms with Crippen LogP contribution >= 0.6 is 7.82 Å². The van der Waals surface area contributed by atoms with Gasteiger partial charge < -0.3 is 23.8 Å². The van der Waals surface area contributed by atoms with Crippen LogP contribution in [0.3, 0.4) is 0 Å². The van der Waals surface area contributed by atoms with Gasteiger partial charge >= 0.3 is 13.8 Å². The minimum atomic E-state index is -4.99. The molecule has 1 rings (SSSR count). The molecule has 0 aliphatic rings. The van der Waals surface area contributed by atoms with Crippen molar-refractivity contribution in [2.75, 3.05) is 6.61 Å². The van der Waals surface area contributed by atoms with Crippen molar-refractivity contribution in [3.8, 4) is 11.5 Å². The van der Waals surface area contributed by atoms with Gasteiger partial charge in [-0.15, -0.1) is 0 Å². The highest BCUT2D eigenvalue weighted by molar-refractivity contribution is 7.45. The van der Waals surface area contributed by atoms with E-state index in [0.29, 0.717) is 12.4 Å². The summed E-state index contributed by atoms with van der Waals surface area (Å²) >= 11 is 0. The molecule has 0 spiro atoms. The average Bonchev–Trinajstić information content (AvgIpc) is 2.38. The third kappa shape index (κ3) is 5.52. The fourth-order valence-electron chi connectivity index (χ4n) is 1.63. The van der Waals surface area contributed by atoms with Gasteiger partial charge in [0.05, 0.1) is 6.61 Å². The molecule has 0 amide bonds. The molecule has 0 heterocycles. The van der Waals surface area contributed by atoms with Gasteiger partial charge in [0.2, 0.25) is 0 Å². The zero-order valence-electron chi connectivity index (χ0n) is 12.6. The fraction of sp³-hybridized carbons (Fsp3) is 0.357. The van der Waals surface area contributed by atoms with Crippen LogP contribution in [0.5, 0.6) is 11.5 Å². The Morgan fingerprint density at radius 2 is 2.14 bits per heavy atom. The van der Waals surface area contributed by atoms with Crippen LogP contribution < -0.4 is 14.2 Å². The normalized spacial score (nSPS) is 14.6. The molecule has 1 N–H and O–H groups in total. The first kappa shape index (κ1) is 18.2. The van der Waals surface area contributed by atoms with Crippen molar-refractivity contribution in [3.63, 3.8) is 0 Å². The summed E-state index contributed by atoms with van der Waals surface area (Å²) in [5.74, 6) is -0.331. The van der Waals surface area contributed by atoms with Crippen LogP contribution in [-0.2, 0) is 14.1 Å². The molecule has 2 atom stereocenters. The predicted octanol–water partition coefficient (Wildman–Crippen LogP) is 2.11. The smallest absolute Gasteiger partial charge is 0.333 e. The van der Waals surface area contributed by atoms with Crippen LogP contribution in [0.2, 0.25) is 0 Å². The number of carbonyl (C=O) groups excluding carboxylic acids is 1. The predicted molar refractivity (Wildman–Crippen MR) is 77.4 cm³/mol. The van der Waals surface area contributed by atoms with Crippen molar-refractivity contribution in [2.24, 2.45) is 0 Å². The summed E-state index contributed by atoms with van der Waals surface area (Å²) in [7, 11) is -4.99. The molecule has 0 fully saturated rings. The molecule has 0 aromatic heterocycles. The van der Waals surface area contributed by atoms with E-state index in [1.165, 1.54) is 32.0 Å². The summed E-state index contributed by atoms with van der Waals surface area (Å²) in [6, 6.07) is 4.27. The number of phosphoric ester groups is 1. The lowest BCUT2D eigenvalue weighted by atomic mass is 10.1. The largest absolute Gasteiger partial charge is 0.746 e. The second-order valence-electron chi connectivity index (χ2n) is 4.52. The summed E-state index contributed by atoms with van der Waals surface area (Å²) in [4.78, 5) is 31.3. The van der Waals surface area contributed by atoms with E-state index in [1.54, 1.807) is 6.92 Å². The first-order chi connectivity index (χ1) is 10.1. The third-order valence-electron chi connectivity index (χ3n) is 2.58. The topological polar surface area (TPSA) is 105 Å². The van der Waals surface area contributed by atoms with E-state index in [9.17, 15) is 14.3 Å². The van der Waals surface area contributed by atoms with Crippen LogP contribution in [0.25, 0.3) is 0 Å². The van der Waals surface area contributed by atoms with E-state index >= 15 is 0 Å². The SMILES string of the molecule is C=C(C)C(=O)OC(C)c1cc(OCC)ccc1OP(=O)([O-])O. The van der Waals surface area contributed by atoms with Gasteiger partial charge in [-0.05, 0) is 39.0 Å². The number of ether oxygens (including phenoxy) is 2. The van der Waals surface area contributed by atoms with E-state index in [2.05, 4.69) is 11.1 Å². The molecule has 0 aliphatic carbocycles. The standard InChI is InChI=1S/C14H19O7P/c1-5-19-11-6-7-13(21-22(16,17)18)12(8-11)10(4)20-14(15)9(2)3/h6-8,10H,2,5H2,1,3-4H3,(H2,16,17,18)/p-1. The molecule has 0 bridgehead atoms. The van der Waals surface area contributed by atoms with Gasteiger partial charge in [0, 0.05) is 11.1 Å². The van der Waals surface area contributed by atoms with E-state index in [0.717, 1.165) is 0 Å². The molecule has 2 unspecified atom stereocenters. The van der Waals surface area contributed by atoms with E-state index in [-0.39, 0.29) is 16.9 Å². The van der Waals surface area contributed by atoms with Crippen molar-refractivity contribution >= 4 is 13.8 Å². The summed E-state index contributed by atoms with van der Waals surface area (Å²) in [5.41, 5.74) is 0.442. The number of carbonyl (C=O) groups is 1. The average molecular weight is 329 g/mol. The molecule has 1 aromatic carbocycles. The first-order valence-corrected chi connectivity index (χ1v) is 8.00. The molecule has 1 aromatic rings. The van der Waals surface area contributed by atoms with Crippen LogP contribution in [0, 0.1) is 0 Å². The van der Waals surface area contributed by atoms with Crippen molar-refractivity contribution in [1.29, 1.82) is 0 Å². The highest BCUT2D eigenvalue weighted by Crippen LogP contribution is 2.39. The minimum absolute atomic E-state index is 0.147. The molecule has 7 nitrogen and oxygen atoms in total. The number of rotatable bonds is 7. The van der Waals surface area contributed by atoms with Crippen LogP contribution in [0.1, 0.15) is 32.4 Å². The molecule has 0 saturated heterocycles. The zero-order valence-corrected chi connectivity index (χ0v) is 13.5. The summed E-state index contributed by atoms with van der Waals surface area (Å²) in [6.45, 7) is 8.68. The van der Waals surface area contributed by atoms with Crippen LogP contribution in [0.4, 0.5) is 0 Å². The number of hydrogen-bond acceptors (Lipinski definition) is 6. The van der Waals surface area contributed by atoms with Crippen molar-refractivity contribution in [2.45, 2.75) is 26.9 Å². The van der Waals surface area contributed by atoms with Crippen molar-refractivity contribution in [1.82, 2.24) is 0 Å². The molecule has 122 valence electrons. The Balaban J connectivity index is 3.15. The van der Waals surface area contributed by atoms with Gasteiger partial charge in [0.1, 0.15) is 17.6 Å². The van der Waals surface area contributed by atoms with Gasteiger partial charge in [-0.1, -0.05) is 6.58 Å². The monoisotopic (exact) mass is 329 g/mol. The summed E-state index contributed by atoms with van der Waals surface area (Å²) in [5, 5.41) is 0. The Morgan fingerprint density at radius 3 is 2.64 bits per heavy atom. The summed E-state index contributed by atoms with van der Waals surface area (Å²) < 4.78 is 25.9. The van der Waals surface area contributed by atoms with E-state index in [4.69, 9.17) is 14.4 Å². The summed E-state index contributed by atoms with van der Waals surface area (Å²) in [6.07, 6.45) is -0.828. The highest BCUT2D eigenvalue weighted by Gasteiger charge is 2.20. The Labute approximate surface area is 128 Å². The first-order valence-electron chi connectivity index (χ1n) is 6.50. The van der Waals surface area contributed by atoms with Gasteiger partial charge in [-0.3, -0.25) is 4.57 Å². The lowest BCUT2D eigenvalue weighted by Crippen LogP contribution is -2.12. The molecule has 0 saturated carbocycles. The maximum absolute atomic E-state index is 11.6. The Kier molecular flexibility index (Phi) is 6.17. The lowest BCUT2D eigenvalue weighted by molar-refractivity contribution is -0.211. The maximum Gasteiger partial charge on any atom is 0.333 e. The minimum Gasteiger partial charge on any atom is -0.746 e. The number of hydrogen-bond donors (Lipinski definition) is 1. The molecule has 0 aliphatic heterocycles. The molecular weight excluding hydrogens is 311 g/mol. The molecule has 22 heavy (non-hydrogen) atoms. The Morgan fingerprint density at radius 1 is 1.50 bits per heavy atom. The van der Waals surface area contributed by atoms with Crippen molar-refractivity contribution in [3.05, 3.63) is 35.9 Å². The van der Waals surface area contributed by atoms with Crippen LogP contribution in [0.15, 0.2) is 30.4 Å². The number of esters is 1. The molecule has 8 heteroatoms. The molecule has 0 radical (unpaired) electrons. The fourth-order valence-corrected chi connectivity index (χ4v) is 2.05. The van der Waals surface area contributed by atoms with Gasteiger partial charge in [0.15, 0.2) is 0 Å². The second kappa shape index (κ2) is 7.45. The lowest BCUT2D eigenvalue weighted by Gasteiger charge is -2.22. The maximum atomic E-state index is 11.6. The quantitative estimate of drug-likeness (QED) is 0.464.